The summed E-state index contributed by atoms with van der Waals surface area (Å²) >= 11 is 7.60. The highest BCUT2D eigenvalue weighted by atomic mass is 35.5. The summed E-state index contributed by atoms with van der Waals surface area (Å²) in [6.45, 7) is 5.29. The van der Waals surface area contributed by atoms with Crippen molar-refractivity contribution >= 4 is 34.7 Å². The predicted octanol–water partition coefficient (Wildman–Crippen LogP) is 4.79. The number of carbonyl (C=O) groups is 1. The zero-order valence-electron chi connectivity index (χ0n) is 14.3. The van der Waals surface area contributed by atoms with Gasteiger partial charge in [0.05, 0.1) is 6.04 Å². The van der Waals surface area contributed by atoms with Crippen LogP contribution in [0.15, 0.2) is 17.5 Å². The Labute approximate surface area is 157 Å². The number of nitrogens with one attached hydrogen (secondary N) is 2. The number of carbonyl (C=O) groups excluding carboxylic acids is 1. The van der Waals surface area contributed by atoms with Gasteiger partial charge in [0.15, 0.2) is 11.7 Å². The van der Waals surface area contributed by atoms with Crippen LogP contribution < -0.4 is 10.6 Å². The van der Waals surface area contributed by atoms with Gasteiger partial charge in [-0.1, -0.05) is 17.7 Å². The Hall–Kier alpha value is -1.74. The molecular weight excluding hydrogens is 389 g/mol. The first-order chi connectivity index (χ1) is 12.0. The molecule has 3 rings (SSSR count). The number of thiophene rings is 1. The number of hydrogen-bond donors (Lipinski definition) is 2. The third-order valence-corrected chi connectivity index (χ3v) is 5.23. The van der Waals surface area contributed by atoms with E-state index in [1.54, 1.807) is 38.3 Å². The number of amides is 1. The van der Waals surface area contributed by atoms with Crippen molar-refractivity contribution in [2.75, 3.05) is 5.32 Å². The smallest absolute Gasteiger partial charge is 0.361 e. The van der Waals surface area contributed by atoms with Crippen LogP contribution >= 0.6 is 22.9 Å². The number of fused-ring (bicyclic) bond motifs is 1. The maximum atomic E-state index is 13.6. The Morgan fingerprint density at radius 2 is 2.12 bits per heavy atom. The Bertz CT molecular complexity index is 811. The van der Waals surface area contributed by atoms with Gasteiger partial charge in [-0.2, -0.15) is 18.3 Å². The van der Waals surface area contributed by atoms with E-state index in [1.165, 1.54) is 11.3 Å². The SMILES string of the molecule is CC(C)(C)NC(=O)c1nn2c(c1Cl)N[C@@H](c1cccs1)C[C@@H]2C(F)(F)F. The Kier molecular flexibility index (Phi) is 4.72. The van der Waals surface area contributed by atoms with Gasteiger partial charge in [-0.15, -0.1) is 11.3 Å². The lowest BCUT2D eigenvalue weighted by molar-refractivity contribution is -0.173. The third-order valence-electron chi connectivity index (χ3n) is 3.89. The molecule has 0 aromatic carbocycles. The average Bonchev–Trinajstić information content (AvgIpc) is 3.12. The lowest BCUT2D eigenvalue weighted by atomic mass is 10.0. The summed E-state index contributed by atoms with van der Waals surface area (Å²) in [5.74, 6) is -0.600. The van der Waals surface area contributed by atoms with Gasteiger partial charge in [0.2, 0.25) is 0 Å². The number of anilines is 1. The highest BCUT2D eigenvalue weighted by molar-refractivity contribution is 7.10. The molecule has 142 valence electrons. The molecule has 1 aliphatic heterocycles. The van der Waals surface area contributed by atoms with Gasteiger partial charge in [-0.25, -0.2) is 4.68 Å². The standard InChI is InChI=1S/C16H18ClF3N4OS/c1-15(2,3)22-14(25)12-11(17)13-21-8(9-5-4-6-26-9)7-10(16(18,19)20)24(13)23-12/h4-6,8,10,21H,7H2,1-3H3,(H,22,25)/t8-,10-/m1/s1. The van der Waals surface area contributed by atoms with Crippen molar-refractivity contribution in [1.29, 1.82) is 0 Å². The van der Waals surface area contributed by atoms with E-state index in [1.807, 2.05) is 0 Å². The molecule has 0 spiro atoms. The van der Waals surface area contributed by atoms with Crippen molar-refractivity contribution in [1.82, 2.24) is 15.1 Å². The average molecular weight is 407 g/mol. The molecule has 10 heteroatoms. The minimum atomic E-state index is -4.51. The molecule has 2 aromatic rings. The molecule has 0 radical (unpaired) electrons. The second-order valence-corrected chi connectivity index (χ2v) is 8.52. The van der Waals surface area contributed by atoms with Crippen LogP contribution in [0.3, 0.4) is 0 Å². The molecule has 0 saturated heterocycles. The largest absolute Gasteiger partial charge is 0.410 e. The summed E-state index contributed by atoms with van der Waals surface area (Å²) in [5.41, 5.74) is -0.786. The summed E-state index contributed by atoms with van der Waals surface area (Å²) < 4.78 is 41.6. The predicted molar refractivity (Wildman–Crippen MR) is 94.8 cm³/mol. The first kappa shape index (κ1) is 19.0. The topological polar surface area (TPSA) is 59.0 Å². The highest BCUT2D eigenvalue weighted by Gasteiger charge is 2.48. The molecule has 1 aliphatic rings. The van der Waals surface area contributed by atoms with E-state index in [-0.39, 0.29) is 23.0 Å². The second kappa shape index (κ2) is 6.45. The molecule has 0 saturated carbocycles. The van der Waals surface area contributed by atoms with Gasteiger partial charge in [0.1, 0.15) is 10.8 Å². The van der Waals surface area contributed by atoms with E-state index in [0.29, 0.717) is 0 Å². The zero-order valence-corrected chi connectivity index (χ0v) is 15.9. The van der Waals surface area contributed by atoms with Crippen molar-refractivity contribution in [3.05, 3.63) is 33.1 Å². The molecule has 1 amide bonds. The molecule has 0 fully saturated rings. The van der Waals surface area contributed by atoms with Gasteiger partial charge < -0.3 is 10.6 Å². The fourth-order valence-electron chi connectivity index (χ4n) is 2.81. The van der Waals surface area contributed by atoms with Gasteiger partial charge in [0, 0.05) is 16.8 Å². The molecule has 0 unspecified atom stereocenters. The molecule has 2 aromatic heterocycles. The van der Waals surface area contributed by atoms with Crippen molar-refractivity contribution in [3.8, 4) is 0 Å². The summed E-state index contributed by atoms with van der Waals surface area (Å²) in [6.07, 6.45) is -4.74. The summed E-state index contributed by atoms with van der Waals surface area (Å²) in [5, 5.41) is 11.3. The van der Waals surface area contributed by atoms with Gasteiger partial charge in [0.25, 0.3) is 5.91 Å². The van der Waals surface area contributed by atoms with E-state index in [2.05, 4.69) is 15.7 Å². The van der Waals surface area contributed by atoms with E-state index in [4.69, 9.17) is 11.6 Å². The molecule has 3 heterocycles. The lowest BCUT2D eigenvalue weighted by Crippen LogP contribution is -2.41. The number of aromatic nitrogens is 2. The fourth-order valence-corrected chi connectivity index (χ4v) is 3.87. The summed E-state index contributed by atoms with van der Waals surface area (Å²) in [6, 6.07) is 1.13. The van der Waals surface area contributed by atoms with E-state index >= 15 is 0 Å². The molecular formula is C16H18ClF3N4OS. The van der Waals surface area contributed by atoms with Crippen molar-refractivity contribution < 1.29 is 18.0 Å². The molecule has 26 heavy (non-hydrogen) atoms. The fraction of sp³-hybridized carbons (Fsp3) is 0.500. The zero-order chi connectivity index (χ0) is 19.3. The van der Waals surface area contributed by atoms with Crippen LogP contribution in [0.1, 0.15) is 54.6 Å². The number of rotatable bonds is 2. The van der Waals surface area contributed by atoms with E-state index in [9.17, 15) is 18.0 Å². The second-order valence-electron chi connectivity index (χ2n) is 7.17. The summed E-state index contributed by atoms with van der Waals surface area (Å²) in [7, 11) is 0. The van der Waals surface area contributed by atoms with Crippen molar-refractivity contribution in [3.63, 3.8) is 0 Å². The quantitative estimate of drug-likeness (QED) is 0.754. The van der Waals surface area contributed by atoms with E-state index in [0.717, 1.165) is 9.56 Å². The number of halogens is 4. The monoisotopic (exact) mass is 406 g/mol. The number of alkyl halides is 3. The first-order valence-corrected chi connectivity index (χ1v) is 9.20. The lowest BCUT2D eigenvalue weighted by Gasteiger charge is -2.32. The normalized spacial score (nSPS) is 20.4. The van der Waals surface area contributed by atoms with Crippen molar-refractivity contribution in [2.24, 2.45) is 0 Å². The molecule has 0 bridgehead atoms. The van der Waals surface area contributed by atoms with Crippen LogP contribution in [0.2, 0.25) is 5.02 Å². The minimum Gasteiger partial charge on any atom is -0.361 e. The molecule has 2 atom stereocenters. The third kappa shape index (κ3) is 3.68. The van der Waals surface area contributed by atoms with Crippen LogP contribution in [-0.4, -0.2) is 27.4 Å². The van der Waals surface area contributed by atoms with Crippen LogP contribution in [0.25, 0.3) is 0 Å². The minimum absolute atomic E-state index is 0.0118. The Morgan fingerprint density at radius 1 is 1.42 bits per heavy atom. The van der Waals surface area contributed by atoms with Crippen LogP contribution in [-0.2, 0) is 0 Å². The van der Waals surface area contributed by atoms with Gasteiger partial charge in [-0.05, 0) is 32.2 Å². The van der Waals surface area contributed by atoms with Crippen LogP contribution in [0.4, 0.5) is 19.0 Å². The Balaban J connectivity index is 2.03. The highest BCUT2D eigenvalue weighted by Crippen LogP contribution is 2.46. The van der Waals surface area contributed by atoms with Crippen molar-refractivity contribution in [2.45, 2.75) is 51.0 Å². The van der Waals surface area contributed by atoms with E-state index < -0.39 is 29.7 Å². The molecule has 5 nitrogen and oxygen atoms in total. The first-order valence-electron chi connectivity index (χ1n) is 7.94. The maximum absolute atomic E-state index is 13.6. The maximum Gasteiger partial charge on any atom is 0.410 e. The Morgan fingerprint density at radius 3 is 2.65 bits per heavy atom. The number of nitrogens with zero attached hydrogens (tertiary/aromatic N) is 2. The molecule has 0 aliphatic carbocycles. The molecule has 2 N–H and O–H groups in total. The van der Waals surface area contributed by atoms with Gasteiger partial charge >= 0.3 is 6.18 Å². The van der Waals surface area contributed by atoms with Crippen LogP contribution in [0.5, 0.6) is 0 Å². The summed E-state index contributed by atoms with van der Waals surface area (Å²) in [4.78, 5) is 13.2. The van der Waals surface area contributed by atoms with Crippen LogP contribution in [0, 0.1) is 0 Å². The van der Waals surface area contributed by atoms with Gasteiger partial charge in [-0.3, -0.25) is 4.79 Å². The number of hydrogen-bond acceptors (Lipinski definition) is 4.